The van der Waals surface area contributed by atoms with Gasteiger partial charge in [-0.1, -0.05) is 45.4 Å². The van der Waals surface area contributed by atoms with E-state index in [1.165, 1.54) is 38.2 Å². The first-order chi connectivity index (χ1) is 10.2. The van der Waals surface area contributed by atoms with Gasteiger partial charge >= 0.3 is 0 Å². The molecule has 3 nitrogen and oxygen atoms in total. The van der Waals surface area contributed by atoms with Crippen molar-refractivity contribution in [2.45, 2.75) is 65.2 Å². The van der Waals surface area contributed by atoms with Gasteiger partial charge in [0.1, 0.15) is 11.5 Å². The van der Waals surface area contributed by atoms with Gasteiger partial charge in [0, 0.05) is 12.5 Å². The highest BCUT2D eigenvalue weighted by molar-refractivity contribution is 5.98. The molecule has 1 N–H and O–H groups in total. The van der Waals surface area contributed by atoms with Crippen molar-refractivity contribution in [3.63, 3.8) is 0 Å². The number of aromatic hydroxyl groups is 1. The van der Waals surface area contributed by atoms with E-state index >= 15 is 0 Å². The number of carbonyl (C=O) groups excluding carboxylic acids is 1. The van der Waals surface area contributed by atoms with Gasteiger partial charge in [-0.25, -0.2) is 0 Å². The van der Waals surface area contributed by atoms with Crippen LogP contribution >= 0.6 is 0 Å². The number of phenolic OH excluding ortho intramolecular Hbond substituents is 1. The van der Waals surface area contributed by atoms with E-state index < -0.39 is 0 Å². The minimum absolute atomic E-state index is 0.0177. The quantitative estimate of drug-likeness (QED) is 0.455. The molecule has 0 aliphatic rings. The van der Waals surface area contributed by atoms with E-state index in [2.05, 4.69) is 6.92 Å². The molecule has 0 saturated heterocycles. The average Bonchev–Trinajstić information content (AvgIpc) is 2.46. The molecule has 0 aliphatic heterocycles. The van der Waals surface area contributed by atoms with E-state index in [0.29, 0.717) is 24.3 Å². The van der Waals surface area contributed by atoms with Crippen LogP contribution in [0, 0.1) is 0 Å². The smallest absolute Gasteiger partial charge is 0.166 e. The Morgan fingerprint density at radius 1 is 1.05 bits per heavy atom. The third-order valence-corrected chi connectivity index (χ3v) is 3.59. The zero-order valence-corrected chi connectivity index (χ0v) is 13.4. The maximum atomic E-state index is 12.1. The molecule has 0 saturated carbocycles. The van der Waals surface area contributed by atoms with E-state index in [4.69, 9.17) is 4.74 Å². The average molecular weight is 292 g/mol. The summed E-state index contributed by atoms with van der Waals surface area (Å²) in [6.45, 7) is 4.64. The second-order valence-electron chi connectivity index (χ2n) is 5.41. The second kappa shape index (κ2) is 10.3. The number of rotatable bonds is 11. The van der Waals surface area contributed by atoms with Crippen molar-refractivity contribution in [1.29, 1.82) is 0 Å². The number of unbranched alkanes of at least 4 members (excludes halogenated alkanes) is 6. The number of ketones is 1. The molecule has 3 heteroatoms. The molecule has 0 aliphatic carbocycles. The van der Waals surface area contributed by atoms with Crippen LogP contribution in [0.15, 0.2) is 18.2 Å². The highest BCUT2D eigenvalue weighted by Gasteiger charge is 2.11. The van der Waals surface area contributed by atoms with E-state index in [1.807, 2.05) is 6.92 Å². The Bertz CT molecular complexity index is 426. The summed E-state index contributed by atoms with van der Waals surface area (Å²) in [7, 11) is 0. The van der Waals surface area contributed by atoms with Crippen LogP contribution in [0.3, 0.4) is 0 Å². The van der Waals surface area contributed by atoms with Crippen LogP contribution in [-0.4, -0.2) is 17.5 Å². The maximum Gasteiger partial charge on any atom is 0.166 e. The monoisotopic (exact) mass is 292 g/mol. The van der Waals surface area contributed by atoms with Crippen molar-refractivity contribution in [1.82, 2.24) is 0 Å². The second-order valence-corrected chi connectivity index (χ2v) is 5.41. The van der Waals surface area contributed by atoms with E-state index in [9.17, 15) is 9.90 Å². The van der Waals surface area contributed by atoms with Crippen LogP contribution in [0.2, 0.25) is 0 Å². The molecule has 0 unspecified atom stereocenters. The molecule has 0 radical (unpaired) electrons. The van der Waals surface area contributed by atoms with Gasteiger partial charge in [0.15, 0.2) is 5.78 Å². The number of carbonyl (C=O) groups is 1. The van der Waals surface area contributed by atoms with Gasteiger partial charge < -0.3 is 9.84 Å². The summed E-state index contributed by atoms with van der Waals surface area (Å²) < 4.78 is 5.30. The van der Waals surface area contributed by atoms with Gasteiger partial charge in [0.05, 0.1) is 12.2 Å². The summed E-state index contributed by atoms with van der Waals surface area (Å²) in [5.41, 5.74) is 0.407. The third kappa shape index (κ3) is 6.65. The number of benzene rings is 1. The molecule has 118 valence electrons. The van der Waals surface area contributed by atoms with Crippen LogP contribution in [-0.2, 0) is 0 Å². The van der Waals surface area contributed by atoms with Crippen molar-refractivity contribution in [3.8, 4) is 11.5 Å². The Morgan fingerprint density at radius 3 is 2.33 bits per heavy atom. The normalized spacial score (nSPS) is 10.6. The fourth-order valence-electron chi connectivity index (χ4n) is 2.38. The molecule has 1 rings (SSSR count). The zero-order valence-electron chi connectivity index (χ0n) is 13.4. The number of Topliss-reactive ketones (excluding diaryl/α,β-unsaturated/α-hetero) is 1. The Balaban J connectivity index is 2.32. The van der Waals surface area contributed by atoms with Crippen molar-refractivity contribution in [3.05, 3.63) is 23.8 Å². The van der Waals surface area contributed by atoms with E-state index in [-0.39, 0.29) is 11.5 Å². The number of ether oxygens (including phenoxy) is 1. The minimum Gasteiger partial charge on any atom is -0.507 e. The summed E-state index contributed by atoms with van der Waals surface area (Å²) in [5.74, 6) is 0.639. The lowest BCUT2D eigenvalue weighted by molar-refractivity contribution is 0.0976. The first-order valence-electron chi connectivity index (χ1n) is 8.18. The molecule has 0 spiro atoms. The molecular formula is C18H28O3. The number of hydrogen-bond acceptors (Lipinski definition) is 3. The van der Waals surface area contributed by atoms with Crippen LogP contribution in [0.1, 0.15) is 75.6 Å². The Labute approximate surface area is 128 Å². The molecular weight excluding hydrogens is 264 g/mol. The lowest BCUT2D eigenvalue weighted by atomic mass is 10.0. The molecule has 21 heavy (non-hydrogen) atoms. The van der Waals surface area contributed by atoms with E-state index in [0.717, 1.165) is 12.8 Å². The molecule has 0 heterocycles. The van der Waals surface area contributed by atoms with Gasteiger partial charge in [-0.15, -0.1) is 0 Å². The van der Waals surface area contributed by atoms with Crippen LogP contribution in [0.25, 0.3) is 0 Å². The zero-order chi connectivity index (χ0) is 15.5. The van der Waals surface area contributed by atoms with Crippen LogP contribution in [0.4, 0.5) is 0 Å². The van der Waals surface area contributed by atoms with Crippen LogP contribution < -0.4 is 4.74 Å². The summed E-state index contributed by atoms with van der Waals surface area (Å²) >= 11 is 0. The lowest BCUT2D eigenvalue weighted by Gasteiger charge is -2.07. The minimum atomic E-state index is 0.0177. The topological polar surface area (TPSA) is 46.5 Å². The van der Waals surface area contributed by atoms with Gasteiger partial charge in [-0.2, -0.15) is 0 Å². The van der Waals surface area contributed by atoms with Crippen molar-refractivity contribution in [2.24, 2.45) is 0 Å². The number of phenols is 1. The summed E-state index contributed by atoms with van der Waals surface area (Å²) in [6.07, 6.45) is 8.82. The maximum absolute atomic E-state index is 12.1. The van der Waals surface area contributed by atoms with E-state index in [1.54, 1.807) is 12.1 Å². The van der Waals surface area contributed by atoms with Gasteiger partial charge in [0.2, 0.25) is 0 Å². The fraction of sp³-hybridized carbons (Fsp3) is 0.611. The van der Waals surface area contributed by atoms with Gasteiger partial charge in [-0.05, 0) is 25.5 Å². The Morgan fingerprint density at radius 2 is 1.71 bits per heavy atom. The Kier molecular flexibility index (Phi) is 8.56. The predicted octanol–water partition coefficient (Wildman–Crippen LogP) is 5.11. The molecule has 0 bridgehead atoms. The Hall–Kier alpha value is -1.51. The molecule has 0 aromatic heterocycles. The SMILES string of the molecule is CCCCCCCCCC(=O)c1ccc(OCC)cc1O. The molecule has 0 fully saturated rings. The van der Waals surface area contributed by atoms with Gasteiger partial charge in [-0.3, -0.25) is 4.79 Å². The first-order valence-corrected chi connectivity index (χ1v) is 8.18. The largest absolute Gasteiger partial charge is 0.507 e. The van der Waals surface area contributed by atoms with Crippen LogP contribution in [0.5, 0.6) is 11.5 Å². The lowest BCUT2D eigenvalue weighted by Crippen LogP contribution is -2.00. The highest BCUT2D eigenvalue weighted by Crippen LogP contribution is 2.25. The molecule has 0 amide bonds. The summed E-state index contributed by atoms with van der Waals surface area (Å²) in [6, 6.07) is 4.91. The van der Waals surface area contributed by atoms with Crippen molar-refractivity contribution in [2.75, 3.05) is 6.61 Å². The molecule has 1 aromatic carbocycles. The summed E-state index contributed by atoms with van der Waals surface area (Å²) in [5, 5.41) is 9.89. The highest BCUT2D eigenvalue weighted by atomic mass is 16.5. The standard InChI is InChI=1S/C18H28O3/c1-3-5-6-7-8-9-10-11-17(19)16-13-12-15(21-4-2)14-18(16)20/h12-14,20H,3-11H2,1-2H3. The predicted molar refractivity (Wildman–Crippen MR) is 86.2 cm³/mol. The fourth-order valence-corrected chi connectivity index (χ4v) is 2.38. The van der Waals surface area contributed by atoms with Crippen molar-refractivity contribution >= 4 is 5.78 Å². The molecule has 0 atom stereocenters. The first kappa shape index (κ1) is 17.5. The molecule has 1 aromatic rings. The number of hydrogen-bond donors (Lipinski definition) is 1. The van der Waals surface area contributed by atoms with Gasteiger partial charge in [0.25, 0.3) is 0 Å². The third-order valence-electron chi connectivity index (χ3n) is 3.59. The van der Waals surface area contributed by atoms with Crippen molar-refractivity contribution < 1.29 is 14.6 Å². The summed E-state index contributed by atoms with van der Waals surface area (Å²) in [4.78, 5) is 12.1.